The Bertz CT molecular complexity index is 623. The molecule has 0 saturated carbocycles. The summed E-state index contributed by atoms with van der Waals surface area (Å²) in [6.07, 6.45) is 2.57. The predicted octanol–water partition coefficient (Wildman–Crippen LogP) is 1.33. The van der Waals surface area contributed by atoms with Gasteiger partial charge in [-0.25, -0.2) is 8.42 Å². The van der Waals surface area contributed by atoms with Crippen molar-refractivity contribution in [3.63, 3.8) is 0 Å². The molecule has 18 heavy (non-hydrogen) atoms. The maximum Gasteiger partial charge on any atom is 0.267 e. The number of sulfonamides is 1. The van der Waals surface area contributed by atoms with Crippen LogP contribution in [0.5, 0.6) is 5.75 Å². The fraction of sp³-hybridized carbons (Fsp3) is 0.182. The highest BCUT2D eigenvalue weighted by Gasteiger charge is 2.24. The number of rotatable bonds is 4. The Kier molecular flexibility index (Phi) is 3.24. The number of anilines is 1. The lowest BCUT2D eigenvalue weighted by atomic mass is 10.3. The van der Waals surface area contributed by atoms with Crippen LogP contribution in [0.25, 0.3) is 0 Å². The number of phenols is 1. The zero-order valence-corrected chi connectivity index (χ0v) is 10.6. The lowest BCUT2D eigenvalue weighted by molar-refractivity contribution is 0.475. The molecule has 0 aliphatic rings. The van der Waals surface area contributed by atoms with Crippen molar-refractivity contribution in [1.82, 2.24) is 10.2 Å². The number of hydrogen-bond acceptors (Lipinski definition) is 4. The van der Waals surface area contributed by atoms with E-state index in [9.17, 15) is 13.5 Å². The highest BCUT2D eigenvalue weighted by atomic mass is 32.2. The Labute approximate surface area is 105 Å². The minimum Gasteiger partial charge on any atom is -0.508 e. The zero-order valence-electron chi connectivity index (χ0n) is 9.74. The Balaban J connectivity index is 2.47. The number of aromatic nitrogens is 2. The first-order valence-electron chi connectivity index (χ1n) is 5.36. The van der Waals surface area contributed by atoms with Crippen molar-refractivity contribution in [2.75, 3.05) is 10.8 Å². The molecule has 7 heteroatoms. The molecule has 0 aliphatic carbocycles. The van der Waals surface area contributed by atoms with Crippen LogP contribution in [0.2, 0.25) is 0 Å². The van der Waals surface area contributed by atoms with Gasteiger partial charge in [0.1, 0.15) is 10.6 Å². The van der Waals surface area contributed by atoms with Crippen LogP contribution in [-0.4, -0.2) is 30.3 Å². The number of H-pyrrole nitrogens is 1. The molecular formula is C11H13N3O3S. The molecule has 2 N–H and O–H groups in total. The summed E-state index contributed by atoms with van der Waals surface area (Å²) in [5, 5.41) is 15.5. The monoisotopic (exact) mass is 267 g/mol. The third-order valence-corrected chi connectivity index (χ3v) is 4.33. The number of benzene rings is 1. The predicted molar refractivity (Wildman–Crippen MR) is 66.9 cm³/mol. The summed E-state index contributed by atoms with van der Waals surface area (Å²) in [5.41, 5.74) is 0.415. The summed E-state index contributed by atoms with van der Waals surface area (Å²) >= 11 is 0. The summed E-state index contributed by atoms with van der Waals surface area (Å²) in [6.45, 7) is 1.98. The first-order chi connectivity index (χ1) is 8.55. The average Bonchev–Trinajstić information content (AvgIpc) is 2.83. The molecule has 0 unspecified atom stereocenters. The maximum atomic E-state index is 12.3. The van der Waals surface area contributed by atoms with Gasteiger partial charge in [0.05, 0.1) is 11.9 Å². The highest BCUT2D eigenvalue weighted by molar-refractivity contribution is 7.92. The van der Waals surface area contributed by atoms with Crippen LogP contribution in [0.4, 0.5) is 5.69 Å². The molecule has 96 valence electrons. The molecule has 0 amide bonds. The summed E-state index contributed by atoms with van der Waals surface area (Å²) in [5.74, 6) is 0.0216. The average molecular weight is 267 g/mol. The summed E-state index contributed by atoms with van der Waals surface area (Å²) in [4.78, 5) is 0.0905. The SMILES string of the molecule is CCN(c1cccc(O)c1)S(=O)(=O)c1cn[nH]c1. The van der Waals surface area contributed by atoms with E-state index in [1.54, 1.807) is 19.1 Å². The van der Waals surface area contributed by atoms with E-state index in [-0.39, 0.29) is 17.2 Å². The maximum absolute atomic E-state index is 12.3. The van der Waals surface area contributed by atoms with Gasteiger partial charge in [-0.05, 0) is 19.1 Å². The second kappa shape index (κ2) is 4.69. The number of phenolic OH excluding ortho intramolecular Hbond substituents is 1. The molecule has 0 spiro atoms. The molecule has 0 aliphatic heterocycles. The molecule has 0 radical (unpaired) electrons. The van der Waals surface area contributed by atoms with Crippen molar-refractivity contribution in [3.05, 3.63) is 36.7 Å². The topological polar surface area (TPSA) is 86.3 Å². The van der Waals surface area contributed by atoms with Gasteiger partial charge in [-0.3, -0.25) is 9.40 Å². The third kappa shape index (κ3) is 2.17. The van der Waals surface area contributed by atoms with Crippen LogP contribution in [-0.2, 0) is 10.0 Å². The Morgan fingerprint density at radius 1 is 1.44 bits per heavy atom. The quantitative estimate of drug-likeness (QED) is 0.875. The van der Waals surface area contributed by atoms with Gasteiger partial charge in [-0.15, -0.1) is 0 Å². The Morgan fingerprint density at radius 3 is 2.78 bits per heavy atom. The largest absolute Gasteiger partial charge is 0.508 e. The van der Waals surface area contributed by atoms with Crippen LogP contribution in [0, 0.1) is 0 Å². The fourth-order valence-corrected chi connectivity index (χ4v) is 3.02. The molecule has 0 saturated heterocycles. The van der Waals surface area contributed by atoms with Crippen molar-refractivity contribution in [2.45, 2.75) is 11.8 Å². The highest BCUT2D eigenvalue weighted by Crippen LogP contribution is 2.25. The molecule has 0 fully saturated rings. The van der Waals surface area contributed by atoms with Crippen molar-refractivity contribution in [3.8, 4) is 5.75 Å². The van der Waals surface area contributed by atoms with Gasteiger partial charge in [0.25, 0.3) is 10.0 Å². The summed E-state index contributed by atoms with van der Waals surface area (Å²) in [6, 6.07) is 6.11. The molecule has 2 rings (SSSR count). The van der Waals surface area contributed by atoms with Gasteiger partial charge >= 0.3 is 0 Å². The van der Waals surface area contributed by atoms with Gasteiger partial charge in [-0.1, -0.05) is 6.07 Å². The number of aromatic hydroxyl groups is 1. The minimum atomic E-state index is -3.65. The Hall–Kier alpha value is -2.02. The zero-order chi connectivity index (χ0) is 13.2. The van der Waals surface area contributed by atoms with Crippen LogP contribution in [0.1, 0.15) is 6.92 Å². The molecule has 1 aromatic carbocycles. The van der Waals surface area contributed by atoms with Gasteiger partial charge in [0, 0.05) is 18.8 Å². The van der Waals surface area contributed by atoms with E-state index in [2.05, 4.69) is 10.2 Å². The van der Waals surface area contributed by atoms with Crippen molar-refractivity contribution in [1.29, 1.82) is 0 Å². The van der Waals surface area contributed by atoms with Gasteiger partial charge < -0.3 is 5.11 Å². The van der Waals surface area contributed by atoms with Gasteiger partial charge in [0.2, 0.25) is 0 Å². The second-order valence-electron chi connectivity index (χ2n) is 3.62. The van der Waals surface area contributed by atoms with E-state index in [4.69, 9.17) is 0 Å². The van der Waals surface area contributed by atoms with E-state index >= 15 is 0 Å². The van der Waals surface area contributed by atoms with Gasteiger partial charge in [0.15, 0.2) is 0 Å². The van der Waals surface area contributed by atoms with Crippen molar-refractivity contribution in [2.24, 2.45) is 0 Å². The van der Waals surface area contributed by atoms with Crippen molar-refractivity contribution < 1.29 is 13.5 Å². The normalized spacial score (nSPS) is 11.4. The minimum absolute atomic E-state index is 0.0216. The molecule has 6 nitrogen and oxygen atoms in total. The van der Waals surface area contributed by atoms with E-state index < -0.39 is 10.0 Å². The first kappa shape index (κ1) is 12.4. The molecule has 2 aromatic rings. The molecule has 0 bridgehead atoms. The molecular weight excluding hydrogens is 254 g/mol. The van der Waals surface area contributed by atoms with Crippen molar-refractivity contribution >= 4 is 15.7 Å². The van der Waals surface area contributed by atoms with Crippen LogP contribution < -0.4 is 4.31 Å². The number of aromatic amines is 1. The Morgan fingerprint density at radius 2 is 2.22 bits per heavy atom. The van der Waals surface area contributed by atoms with Gasteiger partial charge in [-0.2, -0.15) is 5.10 Å². The van der Waals surface area contributed by atoms with E-state index in [0.29, 0.717) is 5.69 Å². The third-order valence-electron chi connectivity index (χ3n) is 2.47. The standard InChI is InChI=1S/C11H13N3O3S/c1-2-14(9-4-3-5-10(15)6-9)18(16,17)11-7-12-13-8-11/h3-8,15H,2H2,1H3,(H,12,13). The molecule has 0 atom stereocenters. The second-order valence-corrected chi connectivity index (χ2v) is 5.49. The van der Waals surface area contributed by atoms with Crippen LogP contribution in [0.3, 0.4) is 0 Å². The summed E-state index contributed by atoms with van der Waals surface area (Å²) < 4.78 is 25.8. The smallest absolute Gasteiger partial charge is 0.267 e. The number of nitrogens with zero attached hydrogens (tertiary/aromatic N) is 2. The fourth-order valence-electron chi connectivity index (χ4n) is 1.65. The van der Waals surface area contributed by atoms with E-state index in [1.807, 2.05) is 0 Å². The lowest BCUT2D eigenvalue weighted by Crippen LogP contribution is -2.30. The van der Waals surface area contributed by atoms with E-state index in [0.717, 1.165) is 0 Å². The number of hydrogen-bond donors (Lipinski definition) is 2. The van der Waals surface area contributed by atoms with Crippen LogP contribution in [0.15, 0.2) is 41.6 Å². The molecule has 1 heterocycles. The van der Waals surface area contributed by atoms with E-state index in [1.165, 1.54) is 28.8 Å². The number of nitrogens with one attached hydrogen (secondary N) is 1. The first-order valence-corrected chi connectivity index (χ1v) is 6.80. The lowest BCUT2D eigenvalue weighted by Gasteiger charge is -2.21. The summed E-state index contributed by atoms with van der Waals surface area (Å²) in [7, 11) is -3.65. The van der Waals surface area contributed by atoms with Crippen LogP contribution >= 0.6 is 0 Å². The molecule has 1 aromatic heterocycles.